The number of rotatable bonds is 8. The van der Waals surface area contributed by atoms with Crippen LogP contribution in [0.3, 0.4) is 0 Å². The Morgan fingerprint density at radius 2 is 1.61 bits per heavy atom. The number of nitrogens with zero attached hydrogens (tertiary/aromatic N) is 1. The predicted molar refractivity (Wildman–Crippen MR) is 108 cm³/mol. The van der Waals surface area contributed by atoms with Crippen molar-refractivity contribution in [2.75, 3.05) is 25.2 Å². The van der Waals surface area contributed by atoms with Gasteiger partial charge in [0.1, 0.15) is 11.3 Å². The van der Waals surface area contributed by atoms with Gasteiger partial charge in [0.05, 0.1) is 13.2 Å². The molecule has 148 valence electrons. The first-order valence-corrected chi connectivity index (χ1v) is 9.10. The summed E-state index contributed by atoms with van der Waals surface area (Å²) in [7, 11) is 1.92. The van der Waals surface area contributed by atoms with E-state index in [9.17, 15) is 14.7 Å². The van der Waals surface area contributed by atoms with Crippen LogP contribution < -0.4 is 4.90 Å². The van der Waals surface area contributed by atoms with Crippen LogP contribution in [0, 0.1) is 0 Å². The molecule has 28 heavy (non-hydrogen) atoms. The molecule has 2 aromatic carbocycles. The smallest absolute Gasteiger partial charge is 0.345 e. The highest BCUT2D eigenvalue weighted by atomic mass is 16.6. The Hall–Kier alpha value is -3.28. The zero-order chi connectivity index (χ0) is 20.5. The molecule has 0 atom stereocenters. The van der Waals surface area contributed by atoms with Gasteiger partial charge in [-0.25, -0.2) is 9.59 Å². The number of carbonyl (C=O) groups is 2. The highest BCUT2D eigenvalue weighted by Gasteiger charge is 2.21. The summed E-state index contributed by atoms with van der Waals surface area (Å²) in [5.74, 6) is -1.63. The lowest BCUT2D eigenvalue weighted by Gasteiger charge is -2.20. The van der Waals surface area contributed by atoms with Crippen LogP contribution in [0.25, 0.3) is 6.08 Å². The first-order valence-electron chi connectivity index (χ1n) is 9.10. The second kappa shape index (κ2) is 10.2. The summed E-state index contributed by atoms with van der Waals surface area (Å²) < 4.78 is 9.83. The van der Waals surface area contributed by atoms with Gasteiger partial charge in [-0.15, -0.1) is 0 Å². The number of ether oxygens (including phenoxy) is 2. The number of phenols is 1. The summed E-state index contributed by atoms with van der Waals surface area (Å²) in [6.45, 7) is 4.23. The zero-order valence-electron chi connectivity index (χ0n) is 16.3. The van der Waals surface area contributed by atoms with E-state index < -0.39 is 11.9 Å². The highest BCUT2D eigenvalue weighted by molar-refractivity contribution is 6.17. The Morgan fingerprint density at radius 3 is 2.14 bits per heavy atom. The van der Waals surface area contributed by atoms with Crippen molar-refractivity contribution in [1.82, 2.24) is 0 Å². The monoisotopic (exact) mass is 383 g/mol. The minimum absolute atomic E-state index is 0.0523. The van der Waals surface area contributed by atoms with E-state index >= 15 is 0 Å². The summed E-state index contributed by atoms with van der Waals surface area (Å²) in [6.07, 6.45) is 1.28. The van der Waals surface area contributed by atoms with Crippen molar-refractivity contribution in [2.24, 2.45) is 0 Å². The molecule has 0 saturated carbocycles. The molecule has 0 aliphatic heterocycles. The lowest BCUT2D eigenvalue weighted by Crippen LogP contribution is -2.18. The molecule has 1 N–H and O–H groups in total. The maximum Gasteiger partial charge on any atom is 0.345 e. The third kappa shape index (κ3) is 5.61. The second-order valence-electron chi connectivity index (χ2n) is 6.08. The normalized spacial score (nSPS) is 10.1. The fraction of sp³-hybridized carbons (Fsp3) is 0.273. The van der Waals surface area contributed by atoms with E-state index in [1.54, 1.807) is 26.0 Å². The zero-order valence-corrected chi connectivity index (χ0v) is 16.3. The quantitative estimate of drug-likeness (QED) is 0.325. The molecule has 0 fully saturated rings. The maximum absolute atomic E-state index is 12.1. The molecule has 0 aromatic heterocycles. The van der Waals surface area contributed by atoms with Crippen LogP contribution in [0.1, 0.15) is 25.0 Å². The molecule has 2 aromatic rings. The molecule has 0 spiro atoms. The van der Waals surface area contributed by atoms with Crippen LogP contribution in [-0.4, -0.2) is 37.3 Å². The molecule has 0 unspecified atom stereocenters. The van der Waals surface area contributed by atoms with Gasteiger partial charge in [-0.05, 0) is 37.6 Å². The fourth-order valence-corrected chi connectivity index (χ4v) is 2.61. The molecule has 6 nitrogen and oxygen atoms in total. The molecule has 6 heteroatoms. The number of aromatic hydroxyl groups is 1. The van der Waals surface area contributed by atoms with Crippen molar-refractivity contribution in [1.29, 1.82) is 0 Å². The van der Waals surface area contributed by atoms with E-state index in [4.69, 9.17) is 9.47 Å². The number of carbonyl (C=O) groups excluding carboxylic acids is 2. The van der Waals surface area contributed by atoms with Gasteiger partial charge in [-0.2, -0.15) is 0 Å². The van der Waals surface area contributed by atoms with Crippen LogP contribution in [0.15, 0.2) is 54.1 Å². The molecular weight excluding hydrogens is 358 g/mol. The Kier molecular flexibility index (Phi) is 7.63. The summed E-state index contributed by atoms with van der Waals surface area (Å²) in [5, 5.41) is 10.4. The van der Waals surface area contributed by atoms with Crippen LogP contribution >= 0.6 is 0 Å². The number of hydrogen-bond donors (Lipinski definition) is 1. The van der Waals surface area contributed by atoms with E-state index in [1.165, 1.54) is 6.08 Å². The molecule has 2 rings (SSSR count). The molecule has 0 radical (unpaired) electrons. The van der Waals surface area contributed by atoms with E-state index in [0.29, 0.717) is 12.1 Å². The molecule has 0 amide bonds. The van der Waals surface area contributed by atoms with Crippen LogP contribution in [0.2, 0.25) is 0 Å². The van der Waals surface area contributed by atoms with Gasteiger partial charge in [-0.3, -0.25) is 0 Å². The van der Waals surface area contributed by atoms with E-state index in [1.807, 2.05) is 48.3 Å². The van der Waals surface area contributed by atoms with Crippen LogP contribution in [0.5, 0.6) is 5.75 Å². The molecular formula is C22H25NO5. The van der Waals surface area contributed by atoms with Crippen molar-refractivity contribution < 1.29 is 24.2 Å². The van der Waals surface area contributed by atoms with Gasteiger partial charge in [0, 0.05) is 30.9 Å². The molecule has 0 aliphatic carbocycles. The lowest BCUT2D eigenvalue weighted by atomic mass is 10.1. The first kappa shape index (κ1) is 21.0. The van der Waals surface area contributed by atoms with Crippen molar-refractivity contribution >= 4 is 23.7 Å². The lowest BCUT2D eigenvalue weighted by molar-refractivity contribution is -0.146. The van der Waals surface area contributed by atoms with Gasteiger partial charge >= 0.3 is 11.9 Å². The predicted octanol–water partition coefficient (Wildman–Crippen LogP) is 3.54. The fourth-order valence-electron chi connectivity index (χ4n) is 2.61. The largest absolute Gasteiger partial charge is 0.507 e. The van der Waals surface area contributed by atoms with Crippen molar-refractivity contribution in [3.05, 3.63) is 65.2 Å². The van der Waals surface area contributed by atoms with E-state index in [0.717, 1.165) is 11.3 Å². The van der Waals surface area contributed by atoms with Gasteiger partial charge in [0.25, 0.3) is 0 Å². The average molecular weight is 383 g/mol. The van der Waals surface area contributed by atoms with Gasteiger partial charge in [0.15, 0.2) is 0 Å². The first-order chi connectivity index (χ1) is 13.5. The van der Waals surface area contributed by atoms with Crippen molar-refractivity contribution in [2.45, 2.75) is 20.4 Å². The van der Waals surface area contributed by atoms with Crippen molar-refractivity contribution in [3.63, 3.8) is 0 Å². The van der Waals surface area contributed by atoms with Gasteiger partial charge in [-0.1, -0.05) is 30.3 Å². The highest BCUT2D eigenvalue weighted by Crippen LogP contribution is 2.27. The van der Waals surface area contributed by atoms with E-state index in [-0.39, 0.29) is 24.5 Å². The standard InChI is InChI=1S/C22H25NO5/c1-4-27-21(25)19(22(26)28-5-2)13-17-11-12-18(14-20(17)24)23(3)15-16-9-7-6-8-10-16/h6-14,24H,4-5,15H2,1-3H3. The topological polar surface area (TPSA) is 76.1 Å². The summed E-state index contributed by atoms with van der Waals surface area (Å²) in [5.41, 5.74) is 2.00. The SMILES string of the molecule is CCOC(=O)C(=Cc1ccc(N(C)Cc2ccccc2)cc1O)C(=O)OCC. The summed E-state index contributed by atoms with van der Waals surface area (Å²) >= 11 is 0. The van der Waals surface area contributed by atoms with Gasteiger partial charge in [0.2, 0.25) is 0 Å². The Labute approximate surface area is 165 Å². The minimum Gasteiger partial charge on any atom is -0.507 e. The minimum atomic E-state index is -0.786. The van der Waals surface area contributed by atoms with E-state index in [2.05, 4.69) is 0 Å². The molecule has 0 heterocycles. The van der Waals surface area contributed by atoms with Crippen molar-refractivity contribution in [3.8, 4) is 5.75 Å². The number of benzene rings is 2. The third-order valence-corrected chi connectivity index (χ3v) is 4.01. The number of esters is 2. The number of anilines is 1. The molecule has 0 bridgehead atoms. The summed E-state index contributed by atoms with van der Waals surface area (Å²) in [4.78, 5) is 26.1. The second-order valence-corrected chi connectivity index (χ2v) is 6.08. The van der Waals surface area contributed by atoms with Crippen LogP contribution in [-0.2, 0) is 25.6 Å². The molecule has 0 saturated heterocycles. The average Bonchev–Trinajstić information content (AvgIpc) is 2.68. The Bertz CT molecular complexity index is 825. The molecule has 0 aliphatic rings. The third-order valence-electron chi connectivity index (χ3n) is 4.01. The Balaban J connectivity index is 2.26. The number of phenolic OH excluding ortho intramolecular Hbond substituents is 1. The maximum atomic E-state index is 12.1. The Morgan fingerprint density at radius 1 is 1.00 bits per heavy atom. The number of hydrogen-bond acceptors (Lipinski definition) is 6. The van der Waals surface area contributed by atoms with Gasteiger partial charge < -0.3 is 19.5 Å². The van der Waals surface area contributed by atoms with Crippen LogP contribution in [0.4, 0.5) is 5.69 Å². The summed E-state index contributed by atoms with van der Waals surface area (Å²) in [6, 6.07) is 15.0.